The number of carbonyl (C=O) groups excluding carboxylic acids is 1. The molecule has 1 aliphatic heterocycles. The molecule has 4 rings (SSSR count). The van der Waals surface area contributed by atoms with Gasteiger partial charge in [0.1, 0.15) is 0 Å². The number of amides is 1. The number of benzene rings is 2. The van der Waals surface area contributed by atoms with E-state index in [0.717, 1.165) is 18.5 Å². The van der Waals surface area contributed by atoms with Crippen LogP contribution in [-0.4, -0.2) is 17.4 Å². The summed E-state index contributed by atoms with van der Waals surface area (Å²) < 4.78 is 0. The normalized spacial score (nSPS) is 20.1. The Labute approximate surface area is 131 Å². The SMILES string of the molecule is CC1=C2C(=O)N(Cc3ccccc3)CC2Cc2ccccc21. The highest BCUT2D eigenvalue weighted by Gasteiger charge is 2.39. The highest BCUT2D eigenvalue weighted by molar-refractivity contribution is 6.04. The Morgan fingerprint density at radius 2 is 1.77 bits per heavy atom. The van der Waals surface area contributed by atoms with Crippen LogP contribution in [0.3, 0.4) is 0 Å². The second kappa shape index (κ2) is 5.13. The minimum Gasteiger partial charge on any atom is -0.334 e. The molecule has 2 nitrogen and oxygen atoms in total. The van der Waals surface area contributed by atoms with Gasteiger partial charge in [-0.25, -0.2) is 0 Å². The number of allylic oxidation sites excluding steroid dienone is 1. The average Bonchev–Trinajstić information content (AvgIpc) is 2.85. The van der Waals surface area contributed by atoms with Crippen molar-refractivity contribution in [3.63, 3.8) is 0 Å². The van der Waals surface area contributed by atoms with Gasteiger partial charge in [-0.05, 0) is 35.6 Å². The van der Waals surface area contributed by atoms with E-state index in [0.29, 0.717) is 12.5 Å². The molecule has 110 valence electrons. The number of fused-ring (bicyclic) bond motifs is 2. The summed E-state index contributed by atoms with van der Waals surface area (Å²) in [6, 6.07) is 18.7. The van der Waals surface area contributed by atoms with E-state index in [1.165, 1.54) is 22.3 Å². The van der Waals surface area contributed by atoms with Crippen LogP contribution in [0.1, 0.15) is 23.6 Å². The second-order valence-electron chi connectivity index (χ2n) is 6.27. The van der Waals surface area contributed by atoms with Crippen LogP contribution in [0.2, 0.25) is 0 Å². The molecule has 1 heterocycles. The molecule has 0 aromatic heterocycles. The zero-order chi connectivity index (χ0) is 15.1. The van der Waals surface area contributed by atoms with Gasteiger partial charge >= 0.3 is 0 Å². The summed E-state index contributed by atoms with van der Waals surface area (Å²) >= 11 is 0. The maximum absolute atomic E-state index is 12.8. The van der Waals surface area contributed by atoms with Crippen molar-refractivity contribution in [3.05, 3.63) is 76.9 Å². The molecule has 0 saturated carbocycles. The summed E-state index contributed by atoms with van der Waals surface area (Å²) in [5.74, 6) is 0.576. The molecule has 1 saturated heterocycles. The Morgan fingerprint density at radius 1 is 1.05 bits per heavy atom. The van der Waals surface area contributed by atoms with Crippen molar-refractivity contribution in [2.24, 2.45) is 5.92 Å². The van der Waals surface area contributed by atoms with Crippen LogP contribution in [0.4, 0.5) is 0 Å². The summed E-state index contributed by atoms with van der Waals surface area (Å²) in [4.78, 5) is 14.8. The lowest BCUT2D eigenvalue weighted by atomic mass is 9.81. The monoisotopic (exact) mass is 289 g/mol. The van der Waals surface area contributed by atoms with Crippen molar-refractivity contribution in [1.82, 2.24) is 4.90 Å². The Hall–Kier alpha value is -2.35. The third kappa shape index (κ3) is 2.07. The molecule has 22 heavy (non-hydrogen) atoms. The van der Waals surface area contributed by atoms with Crippen molar-refractivity contribution in [3.8, 4) is 0 Å². The third-order valence-corrected chi connectivity index (χ3v) is 4.87. The molecule has 1 aliphatic carbocycles. The smallest absolute Gasteiger partial charge is 0.250 e. The maximum Gasteiger partial charge on any atom is 0.250 e. The van der Waals surface area contributed by atoms with Crippen LogP contribution in [-0.2, 0) is 17.8 Å². The zero-order valence-electron chi connectivity index (χ0n) is 12.8. The van der Waals surface area contributed by atoms with Gasteiger partial charge in [-0.15, -0.1) is 0 Å². The molecular weight excluding hydrogens is 270 g/mol. The van der Waals surface area contributed by atoms with E-state index in [1.54, 1.807) is 0 Å². The Morgan fingerprint density at radius 3 is 2.59 bits per heavy atom. The van der Waals surface area contributed by atoms with Crippen LogP contribution in [0, 0.1) is 5.92 Å². The molecule has 1 fully saturated rings. The highest BCUT2D eigenvalue weighted by atomic mass is 16.2. The number of hydrogen-bond acceptors (Lipinski definition) is 1. The van der Waals surface area contributed by atoms with Gasteiger partial charge in [-0.3, -0.25) is 4.79 Å². The molecule has 0 radical (unpaired) electrons. The fraction of sp³-hybridized carbons (Fsp3) is 0.250. The summed E-state index contributed by atoms with van der Waals surface area (Å²) in [5, 5.41) is 0. The Balaban J connectivity index is 1.66. The predicted octanol–water partition coefficient (Wildman–Crippen LogP) is 3.67. The van der Waals surface area contributed by atoms with Crippen LogP contribution in [0.15, 0.2) is 60.2 Å². The van der Waals surface area contributed by atoms with Crippen LogP contribution < -0.4 is 0 Å². The van der Waals surface area contributed by atoms with Crippen LogP contribution in [0.25, 0.3) is 5.57 Å². The maximum atomic E-state index is 12.8. The van der Waals surface area contributed by atoms with Crippen molar-refractivity contribution < 1.29 is 4.79 Å². The Kier molecular flexibility index (Phi) is 3.11. The summed E-state index contributed by atoms with van der Waals surface area (Å²) in [6.45, 7) is 3.66. The van der Waals surface area contributed by atoms with Gasteiger partial charge in [0.15, 0.2) is 0 Å². The lowest BCUT2D eigenvalue weighted by Crippen LogP contribution is -2.24. The van der Waals surface area contributed by atoms with E-state index in [9.17, 15) is 4.79 Å². The first-order chi connectivity index (χ1) is 10.7. The molecule has 2 heteroatoms. The standard InChI is InChI=1S/C20H19NO/c1-14-18-10-6-5-9-16(18)11-17-13-21(20(22)19(14)17)12-15-7-3-2-4-8-15/h2-10,17H,11-13H2,1H3. The minimum atomic E-state index is 0.223. The molecule has 0 spiro atoms. The molecule has 2 aliphatic rings. The molecule has 0 bridgehead atoms. The average molecular weight is 289 g/mol. The lowest BCUT2D eigenvalue weighted by molar-refractivity contribution is -0.125. The summed E-state index contributed by atoms with van der Waals surface area (Å²) in [7, 11) is 0. The van der Waals surface area contributed by atoms with Gasteiger partial charge in [0.05, 0.1) is 0 Å². The van der Waals surface area contributed by atoms with E-state index >= 15 is 0 Å². The van der Waals surface area contributed by atoms with Crippen molar-refractivity contribution >= 4 is 11.5 Å². The zero-order valence-corrected chi connectivity index (χ0v) is 12.8. The highest BCUT2D eigenvalue weighted by Crippen LogP contribution is 2.39. The number of likely N-dealkylation sites (tertiary alicyclic amines) is 1. The second-order valence-corrected chi connectivity index (χ2v) is 6.27. The number of hydrogen-bond donors (Lipinski definition) is 0. The van der Waals surface area contributed by atoms with Gasteiger partial charge in [-0.2, -0.15) is 0 Å². The fourth-order valence-electron chi connectivity index (χ4n) is 3.83. The van der Waals surface area contributed by atoms with Gasteiger partial charge in [-0.1, -0.05) is 54.6 Å². The number of carbonyl (C=O) groups is 1. The first-order valence-corrected chi connectivity index (χ1v) is 7.86. The van der Waals surface area contributed by atoms with E-state index in [-0.39, 0.29) is 5.91 Å². The molecule has 1 amide bonds. The van der Waals surface area contributed by atoms with Crippen molar-refractivity contribution in [2.75, 3.05) is 6.54 Å². The topological polar surface area (TPSA) is 20.3 Å². The van der Waals surface area contributed by atoms with E-state index in [1.807, 2.05) is 23.1 Å². The fourth-order valence-corrected chi connectivity index (χ4v) is 3.83. The quantitative estimate of drug-likeness (QED) is 0.826. The van der Waals surface area contributed by atoms with Crippen molar-refractivity contribution in [2.45, 2.75) is 19.9 Å². The summed E-state index contributed by atoms with van der Waals surface area (Å²) in [6.07, 6.45) is 0.986. The first-order valence-electron chi connectivity index (χ1n) is 7.86. The molecule has 1 unspecified atom stereocenters. The predicted molar refractivity (Wildman–Crippen MR) is 88.1 cm³/mol. The van der Waals surface area contributed by atoms with Gasteiger partial charge in [0, 0.05) is 24.6 Å². The molecule has 0 N–H and O–H groups in total. The van der Waals surface area contributed by atoms with Crippen LogP contribution >= 0.6 is 0 Å². The van der Waals surface area contributed by atoms with Crippen LogP contribution in [0.5, 0.6) is 0 Å². The van der Waals surface area contributed by atoms with E-state index in [4.69, 9.17) is 0 Å². The first kappa shape index (κ1) is 13.3. The third-order valence-electron chi connectivity index (χ3n) is 4.87. The van der Waals surface area contributed by atoms with Crippen molar-refractivity contribution in [1.29, 1.82) is 0 Å². The number of nitrogens with zero attached hydrogens (tertiary/aromatic N) is 1. The van der Waals surface area contributed by atoms with E-state index < -0.39 is 0 Å². The largest absolute Gasteiger partial charge is 0.334 e. The van der Waals surface area contributed by atoms with Gasteiger partial charge < -0.3 is 4.90 Å². The lowest BCUT2D eigenvalue weighted by Gasteiger charge is -2.22. The van der Waals surface area contributed by atoms with Gasteiger partial charge in [0.2, 0.25) is 0 Å². The number of rotatable bonds is 2. The molecule has 1 atom stereocenters. The Bertz CT molecular complexity index is 760. The van der Waals surface area contributed by atoms with Gasteiger partial charge in [0.25, 0.3) is 5.91 Å². The minimum absolute atomic E-state index is 0.223. The molecular formula is C20H19NO. The molecule has 2 aromatic rings. The van der Waals surface area contributed by atoms with E-state index in [2.05, 4.69) is 43.3 Å². The summed E-state index contributed by atoms with van der Waals surface area (Å²) in [5.41, 5.74) is 6.04. The molecule has 2 aromatic carbocycles.